The fourth-order valence-electron chi connectivity index (χ4n) is 2.38. The van der Waals surface area contributed by atoms with Crippen LogP contribution in [0.25, 0.3) is 0 Å². The largest absolute Gasteiger partial charge is 0.399 e. The van der Waals surface area contributed by atoms with Crippen molar-refractivity contribution in [3.63, 3.8) is 0 Å². The summed E-state index contributed by atoms with van der Waals surface area (Å²) in [6.07, 6.45) is 2.26. The van der Waals surface area contributed by atoms with Gasteiger partial charge in [0.15, 0.2) is 0 Å². The number of nitriles is 1. The molecule has 7 heteroatoms. The van der Waals surface area contributed by atoms with Gasteiger partial charge in [0, 0.05) is 11.7 Å². The molecule has 0 heterocycles. The minimum atomic E-state index is -3.84. The normalized spacial score (nSPS) is 23.2. The molecule has 1 saturated carbocycles. The zero-order valence-electron chi connectivity index (χ0n) is 10.9. The van der Waals surface area contributed by atoms with E-state index in [9.17, 15) is 13.5 Å². The van der Waals surface area contributed by atoms with Crippen molar-refractivity contribution in [2.75, 3.05) is 5.73 Å². The highest BCUT2D eigenvalue weighted by atomic mass is 32.2. The van der Waals surface area contributed by atoms with Crippen LogP contribution in [0.1, 0.15) is 31.2 Å². The van der Waals surface area contributed by atoms with Gasteiger partial charge < -0.3 is 10.8 Å². The molecule has 0 bridgehead atoms. The predicted molar refractivity (Wildman–Crippen MR) is 74.2 cm³/mol. The SMILES string of the molecule is N#Cc1cc(N)ccc1S(=O)(=O)NC1CCCCC1O. The highest BCUT2D eigenvalue weighted by molar-refractivity contribution is 7.89. The summed E-state index contributed by atoms with van der Waals surface area (Å²) in [5.41, 5.74) is 5.88. The minimum absolute atomic E-state index is 0.00259. The number of hydrogen-bond acceptors (Lipinski definition) is 5. The summed E-state index contributed by atoms with van der Waals surface area (Å²) in [6, 6.07) is 5.40. The molecule has 20 heavy (non-hydrogen) atoms. The molecule has 1 aliphatic rings. The minimum Gasteiger partial charge on any atom is -0.399 e. The molecule has 1 fully saturated rings. The number of nitrogen functional groups attached to an aromatic ring is 1. The maximum absolute atomic E-state index is 12.3. The maximum atomic E-state index is 12.3. The van der Waals surface area contributed by atoms with E-state index < -0.39 is 22.2 Å². The molecule has 0 aliphatic heterocycles. The number of nitrogens with one attached hydrogen (secondary N) is 1. The summed E-state index contributed by atoms with van der Waals surface area (Å²) in [4.78, 5) is -0.105. The first-order valence-electron chi connectivity index (χ1n) is 6.44. The van der Waals surface area contributed by atoms with E-state index in [4.69, 9.17) is 11.0 Å². The van der Waals surface area contributed by atoms with E-state index in [2.05, 4.69) is 4.72 Å². The van der Waals surface area contributed by atoms with Crippen molar-refractivity contribution >= 4 is 15.7 Å². The molecule has 0 saturated heterocycles. The fraction of sp³-hybridized carbons (Fsp3) is 0.462. The Balaban J connectivity index is 2.29. The van der Waals surface area contributed by atoms with Crippen LogP contribution < -0.4 is 10.5 Å². The highest BCUT2D eigenvalue weighted by Gasteiger charge is 2.29. The topological polar surface area (TPSA) is 116 Å². The second-order valence-corrected chi connectivity index (χ2v) is 6.63. The van der Waals surface area contributed by atoms with Gasteiger partial charge in [0.05, 0.1) is 16.6 Å². The first kappa shape index (κ1) is 14.8. The van der Waals surface area contributed by atoms with Crippen molar-refractivity contribution in [3.8, 4) is 6.07 Å². The van der Waals surface area contributed by atoms with E-state index in [1.165, 1.54) is 18.2 Å². The van der Waals surface area contributed by atoms with Crippen LogP contribution in [0.5, 0.6) is 0 Å². The van der Waals surface area contributed by atoms with Crippen LogP contribution in [-0.2, 0) is 10.0 Å². The number of hydrogen-bond donors (Lipinski definition) is 3. The lowest BCUT2D eigenvalue weighted by atomic mass is 9.93. The van der Waals surface area contributed by atoms with Crippen LogP contribution in [0.4, 0.5) is 5.69 Å². The molecular weight excluding hydrogens is 278 g/mol. The zero-order valence-corrected chi connectivity index (χ0v) is 11.7. The first-order valence-corrected chi connectivity index (χ1v) is 7.92. The average molecular weight is 295 g/mol. The Morgan fingerprint density at radius 1 is 1.35 bits per heavy atom. The molecule has 0 radical (unpaired) electrons. The van der Waals surface area contributed by atoms with Crippen molar-refractivity contribution in [1.82, 2.24) is 4.72 Å². The third-order valence-corrected chi connectivity index (χ3v) is 5.00. The van der Waals surface area contributed by atoms with Gasteiger partial charge in [-0.25, -0.2) is 13.1 Å². The van der Waals surface area contributed by atoms with Crippen molar-refractivity contribution in [2.45, 2.75) is 42.7 Å². The second kappa shape index (κ2) is 5.79. The summed E-state index contributed by atoms with van der Waals surface area (Å²) >= 11 is 0. The number of aliphatic hydroxyl groups excluding tert-OH is 1. The van der Waals surface area contributed by atoms with Crippen LogP contribution in [0.3, 0.4) is 0 Å². The van der Waals surface area contributed by atoms with Crippen LogP contribution in [-0.4, -0.2) is 25.7 Å². The molecule has 1 aromatic carbocycles. The molecule has 6 nitrogen and oxygen atoms in total. The molecular formula is C13H17N3O3S. The number of rotatable bonds is 3. The maximum Gasteiger partial charge on any atom is 0.242 e. The van der Waals surface area contributed by atoms with Gasteiger partial charge in [-0.2, -0.15) is 5.26 Å². The summed E-state index contributed by atoms with van der Waals surface area (Å²) in [6.45, 7) is 0. The summed E-state index contributed by atoms with van der Waals surface area (Å²) < 4.78 is 27.1. The molecule has 1 aliphatic carbocycles. The Labute approximate surface area is 118 Å². The third-order valence-electron chi connectivity index (χ3n) is 3.45. The Morgan fingerprint density at radius 3 is 2.70 bits per heavy atom. The molecule has 108 valence electrons. The van der Waals surface area contributed by atoms with Gasteiger partial charge in [0.2, 0.25) is 10.0 Å². The van der Waals surface area contributed by atoms with Gasteiger partial charge in [0.1, 0.15) is 6.07 Å². The van der Waals surface area contributed by atoms with Crippen LogP contribution in [0, 0.1) is 11.3 Å². The Morgan fingerprint density at radius 2 is 2.05 bits per heavy atom. The quantitative estimate of drug-likeness (QED) is 0.710. The summed E-state index contributed by atoms with van der Waals surface area (Å²) in [7, 11) is -3.84. The molecule has 4 N–H and O–H groups in total. The molecule has 0 spiro atoms. The second-order valence-electron chi connectivity index (χ2n) is 4.95. The van der Waals surface area contributed by atoms with Crippen molar-refractivity contribution in [2.24, 2.45) is 0 Å². The predicted octanol–water partition coefficient (Wildman–Crippen LogP) is 0.722. The average Bonchev–Trinajstić information content (AvgIpc) is 2.40. The van der Waals surface area contributed by atoms with E-state index in [0.717, 1.165) is 12.8 Å². The van der Waals surface area contributed by atoms with Gasteiger partial charge >= 0.3 is 0 Å². The van der Waals surface area contributed by atoms with E-state index >= 15 is 0 Å². The van der Waals surface area contributed by atoms with Crippen LogP contribution in [0.2, 0.25) is 0 Å². The van der Waals surface area contributed by atoms with Gasteiger partial charge in [-0.15, -0.1) is 0 Å². The molecule has 2 unspecified atom stereocenters. The standard InChI is InChI=1S/C13H17N3O3S/c14-8-9-7-10(15)5-6-13(9)20(18,19)16-11-3-1-2-4-12(11)17/h5-7,11-12,16-17H,1-4,15H2. The lowest BCUT2D eigenvalue weighted by Gasteiger charge is -2.28. The molecule has 0 amide bonds. The van der Waals surface area contributed by atoms with Crippen LogP contribution in [0.15, 0.2) is 23.1 Å². The van der Waals surface area contributed by atoms with Crippen molar-refractivity contribution < 1.29 is 13.5 Å². The van der Waals surface area contributed by atoms with E-state index in [0.29, 0.717) is 18.5 Å². The number of benzene rings is 1. The van der Waals surface area contributed by atoms with Gasteiger partial charge in [-0.1, -0.05) is 12.8 Å². The first-order chi connectivity index (χ1) is 9.44. The van der Waals surface area contributed by atoms with Crippen molar-refractivity contribution in [3.05, 3.63) is 23.8 Å². The monoisotopic (exact) mass is 295 g/mol. The van der Waals surface area contributed by atoms with E-state index in [1.54, 1.807) is 0 Å². The fourth-order valence-corrected chi connectivity index (χ4v) is 3.82. The number of nitrogens with zero attached hydrogens (tertiary/aromatic N) is 1. The molecule has 2 atom stereocenters. The van der Waals surface area contributed by atoms with E-state index in [1.807, 2.05) is 6.07 Å². The van der Waals surface area contributed by atoms with Crippen LogP contribution >= 0.6 is 0 Å². The Hall–Kier alpha value is -1.62. The Bertz CT molecular complexity index is 637. The zero-order chi connectivity index (χ0) is 14.8. The highest BCUT2D eigenvalue weighted by Crippen LogP contribution is 2.23. The smallest absolute Gasteiger partial charge is 0.242 e. The number of sulfonamides is 1. The molecule has 1 aromatic rings. The summed E-state index contributed by atoms with van der Waals surface area (Å²) in [5, 5.41) is 18.9. The van der Waals surface area contributed by atoms with Gasteiger partial charge in [-0.05, 0) is 31.0 Å². The molecule has 2 rings (SSSR count). The molecule has 0 aromatic heterocycles. The lowest BCUT2D eigenvalue weighted by Crippen LogP contribution is -2.45. The number of anilines is 1. The summed E-state index contributed by atoms with van der Waals surface area (Å²) in [5.74, 6) is 0. The van der Waals surface area contributed by atoms with E-state index in [-0.39, 0.29) is 10.5 Å². The lowest BCUT2D eigenvalue weighted by molar-refractivity contribution is 0.101. The third kappa shape index (κ3) is 3.10. The number of aliphatic hydroxyl groups is 1. The van der Waals surface area contributed by atoms with Gasteiger partial charge in [0.25, 0.3) is 0 Å². The number of nitrogens with two attached hydrogens (primary N) is 1. The van der Waals surface area contributed by atoms with Gasteiger partial charge in [-0.3, -0.25) is 0 Å². The van der Waals surface area contributed by atoms with Crippen molar-refractivity contribution in [1.29, 1.82) is 5.26 Å². The Kier molecular flexibility index (Phi) is 4.28.